The zero-order valence-electron chi connectivity index (χ0n) is 12.6. The number of nitrogens with one attached hydrogen (secondary N) is 1. The van der Waals surface area contributed by atoms with Gasteiger partial charge in [-0.25, -0.2) is 4.79 Å². The van der Waals surface area contributed by atoms with Crippen molar-refractivity contribution >= 4 is 6.09 Å². The number of rotatable bonds is 6. The minimum absolute atomic E-state index is 0.0274. The zero-order valence-corrected chi connectivity index (χ0v) is 12.6. The lowest BCUT2D eigenvalue weighted by molar-refractivity contribution is 0.0494. The van der Waals surface area contributed by atoms with Crippen LogP contribution in [-0.4, -0.2) is 54.5 Å². The van der Waals surface area contributed by atoms with Crippen molar-refractivity contribution in [3.8, 4) is 0 Å². The van der Waals surface area contributed by atoms with E-state index >= 15 is 0 Å². The van der Waals surface area contributed by atoms with Gasteiger partial charge in [-0.2, -0.15) is 0 Å². The van der Waals surface area contributed by atoms with Crippen molar-refractivity contribution in [2.24, 2.45) is 5.92 Å². The number of ether oxygens (including phenoxy) is 1. The van der Waals surface area contributed by atoms with E-state index in [0.717, 1.165) is 25.8 Å². The Morgan fingerprint density at radius 2 is 2.16 bits per heavy atom. The van der Waals surface area contributed by atoms with Crippen molar-refractivity contribution in [2.75, 3.05) is 20.3 Å². The second-order valence-electron chi connectivity index (χ2n) is 5.66. The lowest BCUT2D eigenvalue weighted by Crippen LogP contribution is -2.51. The first kappa shape index (κ1) is 16.2. The van der Waals surface area contributed by atoms with Gasteiger partial charge in [0.05, 0.1) is 6.61 Å². The molecule has 0 aliphatic heterocycles. The SMILES string of the molecule is CCN(C(C)C)[C@@H]1CC[C@H](NC(=O)O)[C@H](COC)C1. The summed E-state index contributed by atoms with van der Waals surface area (Å²) < 4.78 is 5.26. The monoisotopic (exact) mass is 272 g/mol. The van der Waals surface area contributed by atoms with E-state index in [2.05, 4.69) is 31.0 Å². The smallest absolute Gasteiger partial charge is 0.404 e. The molecule has 0 aromatic rings. The predicted molar refractivity (Wildman–Crippen MR) is 75.5 cm³/mol. The highest BCUT2D eigenvalue weighted by molar-refractivity contribution is 5.64. The molecule has 0 unspecified atom stereocenters. The average molecular weight is 272 g/mol. The van der Waals surface area contributed by atoms with Gasteiger partial charge in [0.2, 0.25) is 0 Å². The molecule has 0 aromatic heterocycles. The van der Waals surface area contributed by atoms with E-state index in [1.807, 2.05) is 0 Å². The van der Waals surface area contributed by atoms with Crippen molar-refractivity contribution in [1.82, 2.24) is 10.2 Å². The maximum absolute atomic E-state index is 10.8. The molecule has 5 nitrogen and oxygen atoms in total. The highest BCUT2D eigenvalue weighted by atomic mass is 16.5. The van der Waals surface area contributed by atoms with E-state index in [0.29, 0.717) is 18.7 Å². The van der Waals surface area contributed by atoms with Crippen LogP contribution in [0.5, 0.6) is 0 Å². The molecule has 0 radical (unpaired) electrons. The van der Waals surface area contributed by atoms with E-state index in [9.17, 15) is 4.79 Å². The number of amides is 1. The average Bonchev–Trinajstić information content (AvgIpc) is 2.32. The molecule has 0 saturated heterocycles. The fourth-order valence-corrected chi connectivity index (χ4v) is 3.33. The van der Waals surface area contributed by atoms with Gasteiger partial charge in [-0.05, 0) is 39.7 Å². The minimum atomic E-state index is -0.930. The number of hydrogen-bond donors (Lipinski definition) is 2. The number of carboxylic acid groups (broad SMARTS) is 1. The van der Waals surface area contributed by atoms with Crippen LogP contribution in [-0.2, 0) is 4.74 Å². The first-order chi connectivity index (χ1) is 8.99. The first-order valence-electron chi connectivity index (χ1n) is 7.23. The van der Waals surface area contributed by atoms with E-state index in [-0.39, 0.29) is 12.0 Å². The Morgan fingerprint density at radius 1 is 1.47 bits per heavy atom. The largest absolute Gasteiger partial charge is 0.465 e. The van der Waals surface area contributed by atoms with Crippen LogP contribution in [0.2, 0.25) is 0 Å². The molecule has 1 rings (SSSR count). The van der Waals surface area contributed by atoms with Crippen molar-refractivity contribution < 1.29 is 14.6 Å². The predicted octanol–water partition coefficient (Wildman–Crippen LogP) is 2.17. The van der Waals surface area contributed by atoms with E-state index in [1.54, 1.807) is 7.11 Å². The van der Waals surface area contributed by atoms with Crippen LogP contribution in [0.4, 0.5) is 4.79 Å². The molecule has 112 valence electrons. The third-order valence-corrected chi connectivity index (χ3v) is 4.14. The number of carbonyl (C=O) groups is 1. The van der Waals surface area contributed by atoms with Gasteiger partial charge in [-0.3, -0.25) is 4.90 Å². The Bertz CT molecular complexity index is 284. The maximum atomic E-state index is 10.8. The van der Waals surface area contributed by atoms with Gasteiger partial charge in [0.15, 0.2) is 0 Å². The highest BCUT2D eigenvalue weighted by Gasteiger charge is 2.34. The lowest BCUT2D eigenvalue weighted by Gasteiger charge is -2.42. The molecule has 0 heterocycles. The number of nitrogens with zero attached hydrogens (tertiary/aromatic N) is 1. The van der Waals surface area contributed by atoms with Crippen LogP contribution in [0.1, 0.15) is 40.0 Å². The molecule has 1 fully saturated rings. The van der Waals surface area contributed by atoms with E-state index in [1.165, 1.54) is 0 Å². The molecule has 0 bridgehead atoms. The van der Waals surface area contributed by atoms with Gasteiger partial charge < -0.3 is 15.2 Å². The molecule has 0 aromatic carbocycles. The summed E-state index contributed by atoms with van der Waals surface area (Å²) in [5, 5.41) is 11.5. The summed E-state index contributed by atoms with van der Waals surface area (Å²) in [5.41, 5.74) is 0. The van der Waals surface area contributed by atoms with Crippen LogP contribution < -0.4 is 5.32 Å². The lowest BCUT2D eigenvalue weighted by atomic mass is 9.81. The standard InChI is InChI=1S/C14H28N2O3/c1-5-16(10(2)3)12-6-7-13(15-14(17)18)11(8-12)9-19-4/h10-13,15H,5-9H2,1-4H3,(H,17,18)/t11-,12+,13-/m0/s1. The van der Waals surface area contributed by atoms with E-state index in [4.69, 9.17) is 9.84 Å². The normalized spacial score (nSPS) is 27.8. The quantitative estimate of drug-likeness (QED) is 0.778. The molecular formula is C14H28N2O3. The summed E-state index contributed by atoms with van der Waals surface area (Å²) in [6.45, 7) is 8.29. The van der Waals surface area contributed by atoms with Gasteiger partial charge in [-0.15, -0.1) is 0 Å². The molecule has 19 heavy (non-hydrogen) atoms. The van der Waals surface area contributed by atoms with Crippen molar-refractivity contribution in [1.29, 1.82) is 0 Å². The molecule has 1 aliphatic rings. The van der Waals surface area contributed by atoms with Crippen molar-refractivity contribution in [3.63, 3.8) is 0 Å². The summed E-state index contributed by atoms with van der Waals surface area (Å²) in [6.07, 6.45) is 2.02. The molecule has 3 atom stereocenters. The second kappa shape index (κ2) is 7.70. The summed E-state index contributed by atoms with van der Waals surface area (Å²) in [4.78, 5) is 13.3. The Hall–Kier alpha value is -0.810. The minimum Gasteiger partial charge on any atom is -0.465 e. The Kier molecular flexibility index (Phi) is 6.58. The second-order valence-corrected chi connectivity index (χ2v) is 5.66. The Balaban J connectivity index is 2.66. The van der Waals surface area contributed by atoms with Crippen LogP contribution in [0.25, 0.3) is 0 Å². The Morgan fingerprint density at radius 3 is 2.63 bits per heavy atom. The molecule has 1 aliphatic carbocycles. The van der Waals surface area contributed by atoms with Gasteiger partial charge in [0.25, 0.3) is 0 Å². The van der Waals surface area contributed by atoms with Gasteiger partial charge in [-0.1, -0.05) is 6.92 Å². The van der Waals surface area contributed by atoms with Crippen LogP contribution in [0.3, 0.4) is 0 Å². The highest BCUT2D eigenvalue weighted by Crippen LogP contribution is 2.29. The Labute approximate surface area is 116 Å². The summed E-state index contributed by atoms with van der Waals surface area (Å²) in [6, 6.07) is 1.10. The third-order valence-electron chi connectivity index (χ3n) is 4.14. The van der Waals surface area contributed by atoms with E-state index < -0.39 is 6.09 Å². The van der Waals surface area contributed by atoms with Gasteiger partial charge in [0, 0.05) is 31.2 Å². The third kappa shape index (κ3) is 4.66. The van der Waals surface area contributed by atoms with Crippen molar-refractivity contribution in [3.05, 3.63) is 0 Å². The molecule has 0 spiro atoms. The van der Waals surface area contributed by atoms with Crippen LogP contribution in [0, 0.1) is 5.92 Å². The van der Waals surface area contributed by atoms with Crippen molar-refractivity contribution in [2.45, 2.75) is 58.2 Å². The van der Waals surface area contributed by atoms with Crippen LogP contribution >= 0.6 is 0 Å². The summed E-state index contributed by atoms with van der Waals surface area (Å²) in [5.74, 6) is 0.271. The number of methoxy groups -OCH3 is 1. The van der Waals surface area contributed by atoms with Gasteiger partial charge >= 0.3 is 6.09 Å². The molecule has 5 heteroatoms. The fourth-order valence-electron chi connectivity index (χ4n) is 3.33. The molecule has 1 amide bonds. The van der Waals surface area contributed by atoms with Gasteiger partial charge in [0.1, 0.15) is 0 Å². The fraction of sp³-hybridized carbons (Fsp3) is 0.929. The maximum Gasteiger partial charge on any atom is 0.404 e. The van der Waals surface area contributed by atoms with Crippen LogP contribution in [0.15, 0.2) is 0 Å². The molecule has 2 N–H and O–H groups in total. The summed E-state index contributed by atoms with van der Waals surface area (Å²) >= 11 is 0. The summed E-state index contributed by atoms with van der Waals surface area (Å²) in [7, 11) is 1.68. The number of hydrogen-bond acceptors (Lipinski definition) is 3. The topological polar surface area (TPSA) is 61.8 Å². The first-order valence-corrected chi connectivity index (χ1v) is 7.23. The molecule has 1 saturated carbocycles. The molecular weight excluding hydrogens is 244 g/mol. The zero-order chi connectivity index (χ0) is 14.4.